The van der Waals surface area contributed by atoms with Crippen molar-refractivity contribution in [1.29, 1.82) is 0 Å². The van der Waals surface area contributed by atoms with E-state index in [1.165, 1.54) is 0 Å². The molecule has 0 bridgehead atoms. The van der Waals surface area contributed by atoms with E-state index in [4.69, 9.17) is 11.6 Å². The molecule has 0 spiro atoms. The highest BCUT2D eigenvalue weighted by molar-refractivity contribution is 7.84. The van der Waals surface area contributed by atoms with Crippen molar-refractivity contribution < 1.29 is 4.21 Å². The number of aromatic nitrogens is 3. The highest BCUT2D eigenvalue weighted by Gasteiger charge is 2.08. The smallest absolute Gasteiger partial charge is 0.229 e. The molecule has 0 aliphatic rings. The topological polar surface area (TPSA) is 79.8 Å². The molecule has 1 aromatic heterocycles. The number of nitrogens with zero attached hydrogens (tertiary/aromatic N) is 3. The fourth-order valence-corrected chi connectivity index (χ4v) is 2.21. The quantitative estimate of drug-likeness (QED) is 0.764. The molecular formula is C11H20ClN5OS. The summed E-state index contributed by atoms with van der Waals surface area (Å²) < 4.78 is 11.0. The van der Waals surface area contributed by atoms with Crippen molar-refractivity contribution >= 4 is 34.3 Å². The van der Waals surface area contributed by atoms with Gasteiger partial charge in [0, 0.05) is 35.4 Å². The zero-order valence-electron chi connectivity index (χ0n) is 11.4. The van der Waals surface area contributed by atoms with Gasteiger partial charge in [-0.2, -0.15) is 15.0 Å². The van der Waals surface area contributed by atoms with Gasteiger partial charge in [0.25, 0.3) is 0 Å². The zero-order valence-corrected chi connectivity index (χ0v) is 13.0. The van der Waals surface area contributed by atoms with Crippen molar-refractivity contribution in [2.45, 2.75) is 32.7 Å². The van der Waals surface area contributed by atoms with Crippen molar-refractivity contribution in [2.24, 2.45) is 0 Å². The Balaban J connectivity index is 2.61. The lowest BCUT2D eigenvalue weighted by molar-refractivity contribution is 0.677. The molecule has 2 unspecified atom stereocenters. The normalized spacial score (nSPS) is 13.9. The minimum atomic E-state index is -0.789. The number of nitrogens with one attached hydrogen (secondary N) is 2. The van der Waals surface area contributed by atoms with Crippen LogP contribution in [0.3, 0.4) is 0 Å². The molecule has 1 aromatic rings. The van der Waals surface area contributed by atoms with E-state index in [1.807, 2.05) is 6.92 Å². The Labute approximate surface area is 121 Å². The van der Waals surface area contributed by atoms with Crippen LogP contribution in [0.15, 0.2) is 0 Å². The summed E-state index contributed by atoms with van der Waals surface area (Å²) in [6.07, 6.45) is 3.45. The van der Waals surface area contributed by atoms with Crippen molar-refractivity contribution in [3.05, 3.63) is 5.28 Å². The molecule has 0 amide bonds. The van der Waals surface area contributed by atoms with Gasteiger partial charge in [-0.1, -0.05) is 6.92 Å². The summed E-state index contributed by atoms with van der Waals surface area (Å²) in [6, 6.07) is 0.126. The van der Waals surface area contributed by atoms with Gasteiger partial charge in [-0.3, -0.25) is 4.21 Å². The maximum Gasteiger partial charge on any atom is 0.229 e. The summed E-state index contributed by atoms with van der Waals surface area (Å²) in [5.41, 5.74) is 0. The summed E-state index contributed by atoms with van der Waals surface area (Å²) in [5, 5.41) is 6.35. The van der Waals surface area contributed by atoms with Gasteiger partial charge in [-0.05, 0) is 31.4 Å². The highest BCUT2D eigenvalue weighted by Crippen LogP contribution is 2.11. The first-order valence-corrected chi connectivity index (χ1v) is 8.33. The van der Waals surface area contributed by atoms with E-state index in [2.05, 4.69) is 32.5 Å². The maximum atomic E-state index is 11.0. The van der Waals surface area contributed by atoms with E-state index in [0.717, 1.165) is 19.4 Å². The monoisotopic (exact) mass is 305 g/mol. The van der Waals surface area contributed by atoms with Crippen LogP contribution in [0.4, 0.5) is 11.9 Å². The molecule has 108 valence electrons. The third-order valence-corrected chi connectivity index (χ3v) is 3.33. The molecular weight excluding hydrogens is 286 g/mol. The first kappa shape index (κ1) is 16.1. The largest absolute Gasteiger partial charge is 0.354 e. The van der Waals surface area contributed by atoms with Crippen LogP contribution in [0.1, 0.15) is 26.7 Å². The van der Waals surface area contributed by atoms with Crippen molar-refractivity contribution in [1.82, 2.24) is 15.0 Å². The van der Waals surface area contributed by atoms with E-state index in [1.54, 1.807) is 6.26 Å². The molecule has 0 aliphatic carbocycles. The Morgan fingerprint density at radius 1 is 1.32 bits per heavy atom. The van der Waals surface area contributed by atoms with E-state index in [-0.39, 0.29) is 11.3 Å². The van der Waals surface area contributed by atoms with Crippen LogP contribution < -0.4 is 10.6 Å². The van der Waals surface area contributed by atoms with Gasteiger partial charge in [0.2, 0.25) is 17.2 Å². The molecule has 0 radical (unpaired) electrons. The van der Waals surface area contributed by atoms with Crippen LogP contribution in [0.2, 0.25) is 5.28 Å². The molecule has 2 N–H and O–H groups in total. The minimum Gasteiger partial charge on any atom is -0.354 e. The van der Waals surface area contributed by atoms with E-state index >= 15 is 0 Å². The lowest BCUT2D eigenvalue weighted by Gasteiger charge is -2.13. The molecule has 0 aromatic carbocycles. The molecule has 6 nitrogen and oxygen atoms in total. The summed E-state index contributed by atoms with van der Waals surface area (Å²) >= 11 is 5.85. The standard InChI is InChI=1S/C11H20ClN5OS/c1-4-6-13-10-15-9(12)16-11(17-10)14-8(2)5-7-19(3)18/h8H,4-7H2,1-3H3,(H2,13,14,15,16,17). The number of anilines is 2. The van der Waals surface area contributed by atoms with E-state index in [9.17, 15) is 4.21 Å². The van der Waals surface area contributed by atoms with Gasteiger partial charge in [-0.25, -0.2) is 0 Å². The third-order valence-electron chi connectivity index (χ3n) is 2.36. The summed E-state index contributed by atoms with van der Waals surface area (Å²) in [7, 11) is -0.789. The molecule has 0 saturated carbocycles. The van der Waals surface area contributed by atoms with Crippen LogP contribution in [-0.4, -0.2) is 43.8 Å². The Morgan fingerprint density at radius 2 is 2.00 bits per heavy atom. The van der Waals surface area contributed by atoms with Crippen molar-refractivity contribution in [2.75, 3.05) is 29.2 Å². The molecule has 2 atom stereocenters. The van der Waals surface area contributed by atoms with E-state index in [0.29, 0.717) is 17.6 Å². The molecule has 1 rings (SSSR count). The Bertz CT molecular complexity index is 432. The third kappa shape index (κ3) is 6.68. The van der Waals surface area contributed by atoms with Gasteiger partial charge in [0.1, 0.15) is 0 Å². The predicted molar refractivity (Wildman–Crippen MR) is 80.3 cm³/mol. The molecule has 8 heteroatoms. The maximum absolute atomic E-state index is 11.0. The van der Waals surface area contributed by atoms with Crippen LogP contribution in [0, 0.1) is 0 Å². The second-order valence-electron chi connectivity index (χ2n) is 4.29. The van der Waals surface area contributed by atoms with Gasteiger partial charge in [0.05, 0.1) is 0 Å². The Morgan fingerprint density at radius 3 is 2.63 bits per heavy atom. The van der Waals surface area contributed by atoms with Crippen molar-refractivity contribution in [3.8, 4) is 0 Å². The SMILES string of the molecule is CCCNc1nc(Cl)nc(NC(C)CCS(C)=O)n1. The van der Waals surface area contributed by atoms with Crippen LogP contribution in [0.25, 0.3) is 0 Å². The lowest BCUT2D eigenvalue weighted by Crippen LogP contribution is -2.20. The van der Waals surface area contributed by atoms with Crippen molar-refractivity contribution in [3.63, 3.8) is 0 Å². The molecule has 1 heterocycles. The van der Waals surface area contributed by atoms with E-state index < -0.39 is 10.8 Å². The van der Waals surface area contributed by atoms with Gasteiger partial charge >= 0.3 is 0 Å². The average molecular weight is 306 g/mol. The minimum absolute atomic E-state index is 0.126. The lowest BCUT2D eigenvalue weighted by atomic mass is 10.3. The fraction of sp³-hybridized carbons (Fsp3) is 0.727. The number of rotatable bonds is 8. The predicted octanol–water partition coefficient (Wildman–Crippen LogP) is 1.92. The average Bonchev–Trinajstić information content (AvgIpc) is 2.33. The van der Waals surface area contributed by atoms with Gasteiger partial charge in [0.15, 0.2) is 0 Å². The first-order valence-electron chi connectivity index (χ1n) is 6.23. The molecule has 0 aliphatic heterocycles. The first-order chi connectivity index (χ1) is 9.01. The van der Waals surface area contributed by atoms with Gasteiger partial charge in [-0.15, -0.1) is 0 Å². The number of halogens is 1. The van der Waals surface area contributed by atoms with Crippen LogP contribution in [-0.2, 0) is 10.8 Å². The summed E-state index contributed by atoms with van der Waals surface area (Å²) in [4.78, 5) is 12.3. The summed E-state index contributed by atoms with van der Waals surface area (Å²) in [6.45, 7) is 4.83. The molecule has 19 heavy (non-hydrogen) atoms. The number of hydrogen-bond acceptors (Lipinski definition) is 6. The Kier molecular flexibility index (Phi) is 7.01. The van der Waals surface area contributed by atoms with Gasteiger partial charge < -0.3 is 10.6 Å². The molecule has 0 saturated heterocycles. The van der Waals surface area contributed by atoms with Crippen LogP contribution in [0.5, 0.6) is 0 Å². The highest BCUT2D eigenvalue weighted by atomic mass is 35.5. The fourth-order valence-electron chi connectivity index (χ4n) is 1.37. The van der Waals surface area contributed by atoms with Crippen LogP contribution >= 0.6 is 11.6 Å². The molecule has 0 fully saturated rings. The second kappa shape index (κ2) is 8.27. The Hall–Kier alpha value is -0.950. The zero-order chi connectivity index (χ0) is 14.3. The second-order valence-corrected chi connectivity index (χ2v) is 6.18. The summed E-state index contributed by atoms with van der Waals surface area (Å²) in [5.74, 6) is 1.55. The number of hydrogen-bond donors (Lipinski definition) is 2.